The molecule has 1 aliphatic rings. The molecule has 1 fully saturated rings. The van der Waals surface area contributed by atoms with E-state index in [4.69, 9.17) is 0 Å². The van der Waals surface area contributed by atoms with Gasteiger partial charge in [0.2, 0.25) is 0 Å². The zero-order valence-electron chi connectivity index (χ0n) is 12.6. The van der Waals surface area contributed by atoms with Gasteiger partial charge in [-0.3, -0.25) is 4.79 Å². The van der Waals surface area contributed by atoms with Gasteiger partial charge in [-0.05, 0) is 18.9 Å². The number of amides is 1. The van der Waals surface area contributed by atoms with Crippen LogP contribution in [0.5, 0.6) is 0 Å². The summed E-state index contributed by atoms with van der Waals surface area (Å²) in [6.45, 7) is 0.107. The summed E-state index contributed by atoms with van der Waals surface area (Å²) in [6.07, 6.45) is -0.393. The van der Waals surface area contributed by atoms with E-state index in [2.05, 4.69) is 9.47 Å². The minimum atomic E-state index is -1.32. The number of esters is 1. The molecule has 1 heterocycles. The molecule has 0 aromatic heterocycles. The maximum absolute atomic E-state index is 14.1. The smallest absolute Gasteiger partial charge is 0.409 e. The van der Waals surface area contributed by atoms with Crippen LogP contribution >= 0.6 is 0 Å². The molecule has 0 spiro atoms. The topological polar surface area (TPSA) is 55.8 Å². The third-order valence-electron chi connectivity index (χ3n) is 3.94. The van der Waals surface area contributed by atoms with E-state index in [9.17, 15) is 22.8 Å². The molecule has 2 atom stereocenters. The quantitative estimate of drug-likeness (QED) is 0.618. The predicted molar refractivity (Wildman–Crippen MR) is 72.9 cm³/mol. The lowest BCUT2D eigenvalue weighted by atomic mass is 9.87. The number of ether oxygens (including phenoxy) is 2. The van der Waals surface area contributed by atoms with Gasteiger partial charge < -0.3 is 14.4 Å². The Balaban J connectivity index is 2.40. The maximum atomic E-state index is 14.1. The molecule has 126 valence electrons. The lowest BCUT2D eigenvalue weighted by molar-refractivity contribution is -0.147. The molecule has 1 aliphatic heterocycles. The first-order valence-corrected chi connectivity index (χ1v) is 6.95. The third-order valence-corrected chi connectivity index (χ3v) is 3.94. The molecule has 2 unspecified atom stereocenters. The van der Waals surface area contributed by atoms with Crippen LogP contribution in [0.15, 0.2) is 12.1 Å². The molecule has 0 bridgehead atoms. The largest absolute Gasteiger partial charge is 0.469 e. The normalized spacial score (nSPS) is 21.0. The first-order valence-electron chi connectivity index (χ1n) is 6.95. The molecule has 1 aromatic carbocycles. The van der Waals surface area contributed by atoms with Gasteiger partial charge in [0.05, 0.1) is 26.2 Å². The number of hydrogen-bond acceptors (Lipinski definition) is 4. The van der Waals surface area contributed by atoms with Gasteiger partial charge >= 0.3 is 12.1 Å². The molecule has 0 N–H and O–H groups in total. The van der Waals surface area contributed by atoms with Gasteiger partial charge in [0.1, 0.15) is 5.82 Å². The summed E-state index contributed by atoms with van der Waals surface area (Å²) in [4.78, 5) is 24.8. The van der Waals surface area contributed by atoms with E-state index >= 15 is 0 Å². The summed E-state index contributed by atoms with van der Waals surface area (Å²) < 4.78 is 50.0. The number of hydrogen-bond donors (Lipinski definition) is 0. The van der Waals surface area contributed by atoms with Gasteiger partial charge in [-0.15, -0.1) is 0 Å². The number of carbonyl (C=O) groups is 2. The van der Waals surface area contributed by atoms with Crippen molar-refractivity contribution in [1.82, 2.24) is 4.90 Å². The minimum absolute atomic E-state index is 0.0315. The van der Waals surface area contributed by atoms with Crippen molar-refractivity contribution >= 4 is 12.1 Å². The van der Waals surface area contributed by atoms with Crippen LogP contribution in [0.25, 0.3) is 0 Å². The number of carbonyl (C=O) groups excluding carboxylic acids is 2. The van der Waals surface area contributed by atoms with Crippen LogP contribution in [0.1, 0.15) is 24.4 Å². The zero-order chi connectivity index (χ0) is 17.1. The van der Waals surface area contributed by atoms with Crippen LogP contribution in [0.3, 0.4) is 0 Å². The Kier molecular flexibility index (Phi) is 5.12. The summed E-state index contributed by atoms with van der Waals surface area (Å²) in [7, 11) is 2.38. The Morgan fingerprint density at radius 2 is 1.74 bits per heavy atom. The summed E-state index contributed by atoms with van der Waals surface area (Å²) in [5.41, 5.74) is -0.206. The number of halogens is 3. The molecule has 0 aliphatic carbocycles. The highest BCUT2D eigenvalue weighted by Crippen LogP contribution is 2.37. The summed E-state index contributed by atoms with van der Waals surface area (Å²) in [6, 6.07) is 0.169. The second-order valence-electron chi connectivity index (χ2n) is 5.21. The highest BCUT2D eigenvalue weighted by atomic mass is 19.2. The van der Waals surface area contributed by atoms with Gasteiger partial charge in [-0.1, -0.05) is 0 Å². The van der Waals surface area contributed by atoms with E-state index in [1.54, 1.807) is 0 Å². The van der Waals surface area contributed by atoms with Crippen LogP contribution in [0.2, 0.25) is 0 Å². The van der Waals surface area contributed by atoms with Gasteiger partial charge in [-0.2, -0.15) is 0 Å². The molecule has 1 amide bonds. The van der Waals surface area contributed by atoms with Crippen molar-refractivity contribution in [2.24, 2.45) is 5.92 Å². The van der Waals surface area contributed by atoms with E-state index in [0.29, 0.717) is 18.6 Å². The van der Waals surface area contributed by atoms with Crippen LogP contribution in [0, 0.1) is 23.4 Å². The molecule has 23 heavy (non-hydrogen) atoms. The average Bonchev–Trinajstić information content (AvgIpc) is 2.56. The second-order valence-corrected chi connectivity index (χ2v) is 5.21. The molecular formula is C15H16F3NO4. The van der Waals surface area contributed by atoms with E-state index in [1.165, 1.54) is 12.0 Å². The fraction of sp³-hybridized carbons (Fsp3) is 0.467. The predicted octanol–water partition coefficient (Wildman–Crippen LogP) is 2.80. The first-order chi connectivity index (χ1) is 10.9. The van der Waals surface area contributed by atoms with E-state index in [-0.39, 0.29) is 18.5 Å². The van der Waals surface area contributed by atoms with Gasteiger partial charge in [0, 0.05) is 18.2 Å². The van der Waals surface area contributed by atoms with Crippen molar-refractivity contribution in [2.45, 2.75) is 18.9 Å². The van der Waals surface area contributed by atoms with Gasteiger partial charge in [0.15, 0.2) is 11.6 Å². The van der Waals surface area contributed by atoms with Crippen LogP contribution in [-0.4, -0.2) is 37.7 Å². The minimum Gasteiger partial charge on any atom is -0.469 e. The standard InChI is InChI=1S/C15H16F3NO4/c1-22-14(20)8-3-4-19(15(21)23-2)13(5-8)9-6-11(17)12(18)7-10(9)16/h6-8,13H,3-5H2,1-2H3. The van der Waals surface area contributed by atoms with Crippen molar-refractivity contribution in [1.29, 1.82) is 0 Å². The molecule has 1 saturated heterocycles. The molecule has 0 radical (unpaired) electrons. The molecule has 8 heteroatoms. The molecule has 0 saturated carbocycles. The highest BCUT2D eigenvalue weighted by Gasteiger charge is 2.38. The average molecular weight is 331 g/mol. The number of piperidine rings is 1. The third kappa shape index (κ3) is 3.40. The van der Waals surface area contributed by atoms with Crippen LogP contribution in [0.4, 0.5) is 18.0 Å². The van der Waals surface area contributed by atoms with E-state index in [0.717, 1.165) is 7.11 Å². The van der Waals surface area contributed by atoms with Crippen molar-refractivity contribution < 1.29 is 32.2 Å². The van der Waals surface area contributed by atoms with E-state index < -0.39 is 41.5 Å². The summed E-state index contributed by atoms with van der Waals surface area (Å²) >= 11 is 0. The molecular weight excluding hydrogens is 315 g/mol. The Labute approximate surface area is 131 Å². The maximum Gasteiger partial charge on any atom is 0.409 e. The Hall–Kier alpha value is -2.25. The van der Waals surface area contributed by atoms with Crippen molar-refractivity contribution in [3.05, 3.63) is 35.1 Å². The van der Waals surface area contributed by atoms with Gasteiger partial charge in [0.25, 0.3) is 0 Å². The van der Waals surface area contributed by atoms with Gasteiger partial charge in [-0.25, -0.2) is 18.0 Å². The Morgan fingerprint density at radius 1 is 1.09 bits per heavy atom. The molecule has 5 nitrogen and oxygen atoms in total. The fourth-order valence-corrected chi connectivity index (χ4v) is 2.77. The Morgan fingerprint density at radius 3 is 2.35 bits per heavy atom. The van der Waals surface area contributed by atoms with E-state index in [1.807, 2.05) is 0 Å². The Bertz CT molecular complexity index is 623. The molecule has 2 rings (SSSR count). The van der Waals surface area contributed by atoms with Crippen molar-refractivity contribution in [3.8, 4) is 0 Å². The highest BCUT2D eigenvalue weighted by molar-refractivity contribution is 5.74. The van der Waals surface area contributed by atoms with Crippen LogP contribution in [-0.2, 0) is 14.3 Å². The molecule has 1 aromatic rings. The lowest BCUT2D eigenvalue weighted by Crippen LogP contribution is -2.43. The lowest BCUT2D eigenvalue weighted by Gasteiger charge is -2.37. The fourth-order valence-electron chi connectivity index (χ4n) is 2.77. The monoisotopic (exact) mass is 331 g/mol. The first kappa shape index (κ1) is 17.1. The second kappa shape index (κ2) is 6.89. The summed E-state index contributed by atoms with van der Waals surface area (Å²) in [5, 5.41) is 0. The number of rotatable bonds is 2. The van der Waals surface area contributed by atoms with Crippen LogP contribution < -0.4 is 0 Å². The number of nitrogens with zero attached hydrogens (tertiary/aromatic N) is 1. The zero-order valence-corrected chi connectivity index (χ0v) is 12.6. The van der Waals surface area contributed by atoms with Crippen molar-refractivity contribution in [3.63, 3.8) is 0 Å². The summed E-state index contributed by atoms with van der Waals surface area (Å²) in [5.74, 6) is -4.61. The number of likely N-dealkylation sites (tertiary alicyclic amines) is 1. The number of methoxy groups -OCH3 is 2. The van der Waals surface area contributed by atoms with Crippen molar-refractivity contribution in [2.75, 3.05) is 20.8 Å². The SMILES string of the molecule is COC(=O)C1CCN(C(=O)OC)C(c2cc(F)c(F)cc2F)C1. The number of benzene rings is 1.